The van der Waals surface area contributed by atoms with E-state index in [1.165, 1.54) is 63.8 Å². The average Bonchev–Trinajstić information content (AvgIpc) is 3.60. The van der Waals surface area contributed by atoms with E-state index < -0.39 is 0 Å². The van der Waals surface area contributed by atoms with Crippen LogP contribution in [0.25, 0.3) is 0 Å². The quantitative estimate of drug-likeness (QED) is 0.101. The van der Waals surface area contributed by atoms with E-state index in [4.69, 9.17) is 18.9 Å². The van der Waals surface area contributed by atoms with Crippen LogP contribution in [-0.2, 0) is 14.2 Å². The zero-order valence-electron chi connectivity index (χ0n) is 20.1. The lowest BCUT2D eigenvalue weighted by Crippen LogP contribution is -2.24. The minimum Gasteiger partial charge on any atom is -0.494 e. The lowest BCUT2D eigenvalue weighted by Gasteiger charge is -2.18. The number of epoxide rings is 1. The fraction of sp³-hybridized carbons (Fsp3) is 0.769. The van der Waals surface area contributed by atoms with E-state index in [1.807, 2.05) is 30.3 Å². The van der Waals surface area contributed by atoms with Gasteiger partial charge in [0.25, 0.3) is 0 Å². The Labute approximate surface area is 193 Å². The Hall–Kier alpha value is -0.883. The molecule has 0 saturated carbocycles. The Bertz CT molecular complexity index is 517. The van der Waals surface area contributed by atoms with Gasteiger partial charge < -0.3 is 18.9 Å². The molecule has 0 aromatic heterocycles. The smallest absolute Gasteiger partial charge is 0.134 e. The molecule has 0 N–H and O–H groups in total. The normalized spacial score (nSPS) is 16.9. The molecule has 1 saturated heterocycles. The Morgan fingerprint density at radius 2 is 1.55 bits per heavy atom. The summed E-state index contributed by atoms with van der Waals surface area (Å²) >= 11 is 0. The van der Waals surface area contributed by atoms with Crippen molar-refractivity contribution < 1.29 is 18.9 Å². The highest BCUT2D eigenvalue weighted by atomic mass is 28.2. The molecule has 178 valence electrons. The van der Waals surface area contributed by atoms with E-state index in [-0.39, 0.29) is 15.4 Å². The first-order valence-electron chi connectivity index (χ1n) is 12.8. The zero-order chi connectivity index (χ0) is 22.0. The summed E-state index contributed by atoms with van der Waals surface area (Å²) in [5.74, 6) is 1.96. The highest BCUT2D eigenvalue weighted by Gasteiger charge is 2.26. The van der Waals surface area contributed by atoms with Gasteiger partial charge in [0.1, 0.15) is 11.7 Å². The summed E-state index contributed by atoms with van der Waals surface area (Å²) < 4.78 is 22.7. The van der Waals surface area contributed by atoms with Crippen LogP contribution in [0.2, 0.25) is 6.04 Å². The number of rotatable bonds is 21. The number of benzene rings is 1. The van der Waals surface area contributed by atoms with Crippen LogP contribution in [0.5, 0.6) is 5.75 Å². The summed E-state index contributed by atoms with van der Waals surface area (Å²) in [6.45, 7) is 7.48. The van der Waals surface area contributed by atoms with Crippen LogP contribution in [0.4, 0.5) is 0 Å². The van der Waals surface area contributed by atoms with Crippen LogP contribution in [-0.4, -0.2) is 48.0 Å². The number of para-hydroxylation sites is 1. The molecule has 2 unspecified atom stereocenters. The lowest BCUT2D eigenvalue weighted by atomic mass is 9.92. The standard InChI is InChI=1S/C26H46O4Si/c1-3-27-26(28-4-2)31-20-14-16-23(21-25-22-30-25)15-10-7-5-6-8-13-19-29-24-17-11-9-12-18-24/h9,11-12,17-18,23,25-26H,3-8,10,13-16,19-22,31H2,1-2H3. The molecule has 1 fully saturated rings. The maximum absolute atomic E-state index is 5.77. The number of unbranched alkanes of at least 4 members (excludes halogenated alkanes) is 5. The van der Waals surface area contributed by atoms with Gasteiger partial charge in [-0.2, -0.15) is 0 Å². The van der Waals surface area contributed by atoms with Gasteiger partial charge in [-0.1, -0.05) is 75.6 Å². The third kappa shape index (κ3) is 14.0. The number of ether oxygens (including phenoxy) is 4. The Balaban J connectivity index is 1.46. The molecule has 2 rings (SSSR count). The first-order valence-corrected chi connectivity index (χ1v) is 14.7. The second-order valence-corrected chi connectivity index (χ2v) is 10.7. The highest BCUT2D eigenvalue weighted by Crippen LogP contribution is 2.28. The van der Waals surface area contributed by atoms with Gasteiger partial charge >= 0.3 is 0 Å². The molecule has 0 spiro atoms. The molecule has 31 heavy (non-hydrogen) atoms. The Morgan fingerprint density at radius 3 is 2.23 bits per heavy atom. The summed E-state index contributed by atoms with van der Waals surface area (Å²) in [5.41, 5.74) is 0. The number of hydrogen-bond donors (Lipinski definition) is 0. The minimum absolute atomic E-state index is 0.123. The largest absolute Gasteiger partial charge is 0.494 e. The molecule has 0 aliphatic carbocycles. The molecule has 4 nitrogen and oxygen atoms in total. The predicted octanol–water partition coefficient (Wildman–Crippen LogP) is 5.93. The molecule has 1 aromatic rings. The van der Waals surface area contributed by atoms with Crippen LogP contribution in [0, 0.1) is 5.92 Å². The topological polar surface area (TPSA) is 40.2 Å². The van der Waals surface area contributed by atoms with Crippen LogP contribution >= 0.6 is 0 Å². The van der Waals surface area contributed by atoms with E-state index in [9.17, 15) is 0 Å². The van der Waals surface area contributed by atoms with Gasteiger partial charge in [0.15, 0.2) is 0 Å². The summed E-state index contributed by atoms with van der Waals surface area (Å²) in [4.78, 5) is 0. The maximum atomic E-state index is 5.77. The SMILES string of the molecule is CCOC(OCC)[SiH2]CCCC(CCCCCCCCOc1ccccc1)CC1CO1. The van der Waals surface area contributed by atoms with Crippen molar-refractivity contribution in [2.75, 3.05) is 26.4 Å². The van der Waals surface area contributed by atoms with Crippen molar-refractivity contribution >= 4 is 9.52 Å². The predicted molar refractivity (Wildman–Crippen MR) is 132 cm³/mol. The third-order valence-electron chi connectivity index (χ3n) is 6.02. The second kappa shape index (κ2) is 17.6. The average molecular weight is 451 g/mol. The fourth-order valence-electron chi connectivity index (χ4n) is 4.24. The molecular weight excluding hydrogens is 404 g/mol. The summed E-state index contributed by atoms with van der Waals surface area (Å²) in [6.07, 6.45) is 13.8. The summed E-state index contributed by atoms with van der Waals surface area (Å²) in [6, 6.07) is 11.5. The highest BCUT2D eigenvalue weighted by molar-refractivity contribution is 6.36. The van der Waals surface area contributed by atoms with Crippen LogP contribution in [0.15, 0.2) is 30.3 Å². The van der Waals surface area contributed by atoms with Gasteiger partial charge in [0.2, 0.25) is 0 Å². The van der Waals surface area contributed by atoms with E-state index in [2.05, 4.69) is 13.8 Å². The van der Waals surface area contributed by atoms with Crippen LogP contribution < -0.4 is 4.74 Å². The van der Waals surface area contributed by atoms with Crippen molar-refractivity contribution in [2.24, 2.45) is 5.92 Å². The van der Waals surface area contributed by atoms with Crippen LogP contribution in [0.3, 0.4) is 0 Å². The first-order chi connectivity index (χ1) is 15.3. The van der Waals surface area contributed by atoms with E-state index in [0.29, 0.717) is 6.10 Å². The maximum Gasteiger partial charge on any atom is 0.134 e. The van der Waals surface area contributed by atoms with E-state index in [0.717, 1.165) is 44.5 Å². The molecule has 0 radical (unpaired) electrons. The molecule has 1 aliphatic rings. The fourth-order valence-corrected chi connectivity index (χ4v) is 5.95. The molecule has 5 heteroatoms. The third-order valence-corrected chi connectivity index (χ3v) is 7.88. The van der Waals surface area contributed by atoms with Gasteiger partial charge in [-0.15, -0.1) is 0 Å². The Morgan fingerprint density at radius 1 is 0.903 bits per heavy atom. The molecule has 0 amide bonds. The zero-order valence-corrected chi connectivity index (χ0v) is 21.5. The van der Waals surface area contributed by atoms with E-state index in [1.54, 1.807) is 0 Å². The molecule has 1 aromatic carbocycles. The summed E-state index contributed by atoms with van der Waals surface area (Å²) in [7, 11) is -0.292. The molecular formula is C26H46O4Si. The number of hydrogen-bond acceptors (Lipinski definition) is 4. The van der Waals surface area contributed by atoms with Crippen molar-refractivity contribution in [3.8, 4) is 5.75 Å². The van der Waals surface area contributed by atoms with Gasteiger partial charge in [-0.05, 0) is 44.7 Å². The van der Waals surface area contributed by atoms with Crippen molar-refractivity contribution in [1.29, 1.82) is 0 Å². The van der Waals surface area contributed by atoms with Crippen molar-refractivity contribution in [3.63, 3.8) is 0 Å². The van der Waals surface area contributed by atoms with Crippen molar-refractivity contribution in [3.05, 3.63) is 30.3 Å². The van der Waals surface area contributed by atoms with Gasteiger partial charge in [0.05, 0.1) is 28.8 Å². The molecule has 0 bridgehead atoms. The Kier molecular flexibility index (Phi) is 15.0. The van der Waals surface area contributed by atoms with E-state index >= 15 is 0 Å². The summed E-state index contributed by atoms with van der Waals surface area (Å²) in [5, 5.41) is 0. The van der Waals surface area contributed by atoms with Gasteiger partial charge in [0, 0.05) is 13.2 Å². The first kappa shape index (κ1) is 26.4. The van der Waals surface area contributed by atoms with Crippen molar-refractivity contribution in [1.82, 2.24) is 0 Å². The van der Waals surface area contributed by atoms with Crippen molar-refractivity contribution in [2.45, 2.75) is 96.1 Å². The monoisotopic (exact) mass is 450 g/mol. The lowest BCUT2D eigenvalue weighted by molar-refractivity contribution is -0.0828. The minimum atomic E-state index is -0.292. The molecule has 2 atom stereocenters. The van der Waals surface area contributed by atoms with Gasteiger partial charge in [-0.25, -0.2) is 0 Å². The van der Waals surface area contributed by atoms with Gasteiger partial charge in [-0.3, -0.25) is 0 Å². The molecule has 1 aliphatic heterocycles. The van der Waals surface area contributed by atoms with Crippen LogP contribution in [0.1, 0.15) is 78.1 Å². The molecule has 1 heterocycles. The second-order valence-electron chi connectivity index (χ2n) is 8.75.